The molecule has 0 spiro atoms. The summed E-state index contributed by atoms with van der Waals surface area (Å²) in [6.45, 7) is 1.68. The van der Waals surface area contributed by atoms with Gasteiger partial charge in [0.15, 0.2) is 11.6 Å². The van der Waals surface area contributed by atoms with Gasteiger partial charge in [-0.1, -0.05) is 12.1 Å². The number of hydrogen-bond donors (Lipinski definition) is 1. The molecule has 138 valence electrons. The molecule has 1 fully saturated rings. The van der Waals surface area contributed by atoms with E-state index in [4.69, 9.17) is 0 Å². The molecule has 0 unspecified atom stereocenters. The first-order valence-electron chi connectivity index (χ1n) is 8.77. The maximum Gasteiger partial charge on any atom is 0.251 e. The van der Waals surface area contributed by atoms with Crippen molar-refractivity contribution in [3.63, 3.8) is 0 Å². The number of aromatic amines is 1. The van der Waals surface area contributed by atoms with Crippen LogP contribution in [0.5, 0.6) is 0 Å². The number of likely N-dealkylation sites (tertiary alicyclic amines) is 1. The minimum atomic E-state index is -0.834. The topological polar surface area (TPSA) is 61.9 Å². The van der Waals surface area contributed by atoms with E-state index in [1.165, 1.54) is 12.1 Å². The van der Waals surface area contributed by atoms with E-state index in [0.29, 0.717) is 30.2 Å². The van der Waals surface area contributed by atoms with Gasteiger partial charge in [-0.3, -0.25) is 14.7 Å². The number of benzene rings is 1. The van der Waals surface area contributed by atoms with Gasteiger partial charge in [0, 0.05) is 48.6 Å². The van der Waals surface area contributed by atoms with E-state index in [-0.39, 0.29) is 11.5 Å². The molecule has 3 heterocycles. The second-order valence-corrected chi connectivity index (χ2v) is 6.69. The van der Waals surface area contributed by atoms with Crippen molar-refractivity contribution in [2.45, 2.75) is 18.9 Å². The van der Waals surface area contributed by atoms with Crippen molar-refractivity contribution >= 4 is 0 Å². The molecule has 0 amide bonds. The molecule has 5 nitrogen and oxygen atoms in total. The highest BCUT2D eigenvalue weighted by molar-refractivity contribution is 5.57. The van der Waals surface area contributed by atoms with Gasteiger partial charge in [-0.2, -0.15) is 0 Å². The Hall–Kier alpha value is -2.93. The van der Waals surface area contributed by atoms with Crippen LogP contribution in [0.1, 0.15) is 23.7 Å². The van der Waals surface area contributed by atoms with Gasteiger partial charge in [-0.25, -0.2) is 13.8 Å². The molecule has 2 aromatic heterocycles. The van der Waals surface area contributed by atoms with Gasteiger partial charge in [0.25, 0.3) is 5.56 Å². The van der Waals surface area contributed by atoms with Gasteiger partial charge in [0.1, 0.15) is 5.82 Å². The molecule has 27 heavy (non-hydrogen) atoms. The minimum absolute atomic E-state index is 0.0381. The number of pyridine rings is 1. The third-order valence-corrected chi connectivity index (χ3v) is 4.82. The van der Waals surface area contributed by atoms with Crippen LogP contribution in [0.4, 0.5) is 8.78 Å². The number of rotatable bonds is 4. The molecule has 1 aromatic carbocycles. The van der Waals surface area contributed by atoms with Crippen LogP contribution in [0, 0.1) is 11.6 Å². The molecule has 0 saturated carbocycles. The number of nitrogens with one attached hydrogen (secondary N) is 1. The van der Waals surface area contributed by atoms with Crippen molar-refractivity contribution < 1.29 is 8.78 Å². The summed E-state index contributed by atoms with van der Waals surface area (Å²) in [5.41, 5.74) is 1.56. The predicted octanol–water partition coefficient (Wildman–Crippen LogP) is 3.10. The number of aromatic nitrogens is 3. The fourth-order valence-corrected chi connectivity index (χ4v) is 3.45. The number of hydrogen-bond acceptors (Lipinski definition) is 4. The van der Waals surface area contributed by atoms with Gasteiger partial charge >= 0.3 is 0 Å². The van der Waals surface area contributed by atoms with Crippen LogP contribution in [0.3, 0.4) is 0 Å². The molecular formula is C20H18F2N4O. The second kappa shape index (κ2) is 7.36. The first-order valence-corrected chi connectivity index (χ1v) is 8.77. The number of halogens is 2. The van der Waals surface area contributed by atoms with Gasteiger partial charge in [-0.15, -0.1) is 0 Å². The van der Waals surface area contributed by atoms with E-state index in [1.807, 2.05) is 4.90 Å². The average molecular weight is 368 g/mol. The number of nitrogens with zero attached hydrogens (tertiary/aromatic N) is 3. The van der Waals surface area contributed by atoms with Crippen molar-refractivity contribution in [1.29, 1.82) is 0 Å². The SMILES string of the molecule is O=c1cc(-c2ccncc2)nc([C@H]2CCN(Cc3cccc(F)c3F)C2)[nH]1. The van der Waals surface area contributed by atoms with Crippen molar-refractivity contribution in [3.05, 3.63) is 82.2 Å². The highest BCUT2D eigenvalue weighted by Crippen LogP contribution is 2.27. The Morgan fingerprint density at radius 2 is 2.00 bits per heavy atom. The van der Waals surface area contributed by atoms with Crippen LogP contribution in [0.2, 0.25) is 0 Å². The predicted molar refractivity (Wildman–Crippen MR) is 97.1 cm³/mol. The minimum Gasteiger partial charge on any atom is -0.310 e. The fourth-order valence-electron chi connectivity index (χ4n) is 3.45. The summed E-state index contributed by atoms with van der Waals surface area (Å²) in [6.07, 6.45) is 4.10. The molecule has 1 aliphatic heterocycles. The second-order valence-electron chi connectivity index (χ2n) is 6.69. The molecule has 1 N–H and O–H groups in total. The standard InChI is InChI=1S/C20H18F2N4O/c21-16-3-1-2-14(19(16)22)11-26-9-6-15(12-26)20-24-17(10-18(27)25-20)13-4-7-23-8-5-13/h1-5,7-8,10,15H,6,9,11-12H2,(H,24,25,27)/t15-/m0/s1. The summed E-state index contributed by atoms with van der Waals surface area (Å²) in [5.74, 6) is -0.973. The monoisotopic (exact) mass is 368 g/mol. The average Bonchev–Trinajstić information content (AvgIpc) is 3.14. The van der Waals surface area contributed by atoms with Crippen LogP contribution < -0.4 is 5.56 Å². The largest absolute Gasteiger partial charge is 0.310 e. The van der Waals surface area contributed by atoms with Crippen molar-refractivity contribution in [2.24, 2.45) is 0 Å². The molecule has 0 aliphatic carbocycles. The third-order valence-electron chi connectivity index (χ3n) is 4.82. The van der Waals surface area contributed by atoms with E-state index in [9.17, 15) is 13.6 Å². The Balaban J connectivity index is 1.53. The molecule has 4 rings (SSSR count). The lowest BCUT2D eigenvalue weighted by molar-refractivity contribution is 0.317. The maximum atomic E-state index is 13.9. The highest BCUT2D eigenvalue weighted by Gasteiger charge is 2.27. The van der Waals surface area contributed by atoms with Crippen molar-refractivity contribution in [3.8, 4) is 11.3 Å². The van der Waals surface area contributed by atoms with E-state index >= 15 is 0 Å². The zero-order valence-electron chi connectivity index (χ0n) is 14.5. The lowest BCUT2D eigenvalue weighted by Gasteiger charge is -2.16. The van der Waals surface area contributed by atoms with E-state index in [0.717, 1.165) is 24.6 Å². The molecular weight excluding hydrogens is 350 g/mol. The molecule has 1 atom stereocenters. The van der Waals surface area contributed by atoms with Crippen LogP contribution in [-0.4, -0.2) is 32.9 Å². The van der Waals surface area contributed by atoms with Gasteiger partial charge in [-0.05, 0) is 31.2 Å². The zero-order valence-corrected chi connectivity index (χ0v) is 14.5. The molecule has 3 aromatic rings. The fraction of sp³-hybridized carbons (Fsp3) is 0.250. The summed E-state index contributed by atoms with van der Waals surface area (Å²) >= 11 is 0. The van der Waals surface area contributed by atoms with Crippen molar-refractivity contribution in [1.82, 2.24) is 19.9 Å². The Kier molecular flexibility index (Phi) is 4.77. The Morgan fingerprint density at radius 3 is 2.81 bits per heavy atom. The Morgan fingerprint density at radius 1 is 1.19 bits per heavy atom. The zero-order chi connectivity index (χ0) is 18.8. The maximum absolute atomic E-state index is 13.9. The number of H-pyrrole nitrogens is 1. The first-order chi connectivity index (χ1) is 13.1. The summed E-state index contributed by atoms with van der Waals surface area (Å²) in [5, 5.41) is 0. The quantitative estimate of drug-likeness (QED) is 0.769. The molecule has 0 radical (unpaired) electrons. The van der Waals surface area contributed by atoms with Crippen LogP contribution in [-0.2, 0) is 6.54 Å². The summed E-state index contributed by atoms with van der Waals surface area (Å²) in [4.78, 5) is 25.5. The summed E-state index contributed by atoms with van der Waals surface area (Å²) in [6, 6.07) is 9.30. The van der Waals surface area contributed by atoms with E-state index in [2.05, 4.69) is 15.0 Å². The van der Waals surface area contributed by atoms with Gasteiger partial charge in [0.2, 0.25) is 0 Å². The third kappa shape index (κ3) is 3.78. The van der Waals surface area contributed by atoms with Gasteiger partial charge in [0.05, 0.1) is 5.69 Å². The highest BCUT2D eigenvalue weighted by atomic mass is 19.2. The van der Waals surface area contributed by atoms with Gasteiger partial charge < -0.3 is 4.98 Å². The summed E-state index contributed by atoms with van der Waals surface area (Å²) < 4.78 is 27.3. The molecule has 1 aliphatic rings. The summed E-state index contributed by atoms with van der Waals surface area (Å²) in [7, 11) is 0. The van der Waals surface area contributed by atoms with Crippen molar-refractivity contribution in [2.75, 3.05) is 13.1 Å². The van der Waals surface area contributed by atoms with Crippen LogP contribution in [0.15, 0.2) is 53.6 Å². The smallest absolute Gasteiger partial charge is 0.251 e. The molecule has 1 saturated heterocycles. The van der Waals surface area contributed by atoms with Crippen LogP contribution in [0.25, 0.3) is 11.3 Å². The normalized spacial score (nSPS) is 17.3. The Bertz CT molecular complexity index is 1010. The molecule has 7 heteroatoms. The molecule has 0 bridgehead atoms. The first kappa shape index (κ1) is 17.5. The van der Waals surface area contributed by atoms with E-state index in [1.54, 1.807) is 30.6 Å². The van der Waals surface area contributed by atoms with E-state index < -0.39 is 11.6 Å². The lowest BCUT2D eigenvalue weighted by atomic mass is 10.1. The van der Waals surface area contributed by atoms with Crippen LogP contribution >= 0.6 is 0 Å². The lowest BCUT2D eigenvalue weighted by Crippen LogP contribution is -2.22. The Labute approximate surface area is 154 Å².